The standard InChI is InChI=1S/C12H12Cl2N2O2/c1-3-10-11(17)16(12(18)15(10)2)7-4-5-8(13)9(14)6-7/h4-6,10H,3H2,1-2H3. The Hall–Kier alpha value is -1.26. The van der Waals surface area contributed by atoms with Crippen molar-refractivity contribution in [1.29, 1.82) is 0 Å². The number of likely N-dealkylation sites (N-methyl/N-ethyl adjacent to an activating group) is 1. The highest BCUT2D eigenvalue weighted by molar-refractivity contribution is 6.42. The van der Waals surface area contributed by atoms with Crippen LogP contribution >= 0.6 is 23.2 Å². The van der Waals surface area contributed by atoms with Gasteiger partial charge < -0.3 is 4.90 Å². The number of anilines is 1. The molecule has 0 N–H and O–H groups in total. The highest BCUT2D eigenvalue weighted by Gasteiger charge is 2.42. The summed E-state index contributed by atoms with van der Waals surface area (Å²) < 4.78 is 0. The van der Waals surface area contributed by atoms with Gasteiger partial charge >= 0.3 is 6.03 Å². The molecule has 3 amide bonds. The van der Waals surface area contributed by atoms with Crippen LogP contribution in [0, 0.1) is 0 Å². The van der Waals surface area contributed by atoms with E-state index in [1.54, 1.807) is 19.2 Å². The summed E-state index contributed by atoms with van der Waals surface area (Å²) >= 11 is 11.7. The van der Waals surface area contributed by atoms with Crippen molar-refractivity contribution in [2.24, 2.45) is 0 Å². The molecule has 0 aromatic heterocycles. The molecule has 1 fully saturated rings. The van der Waals surface area contributed by atoms with Crippen LogP contribution in [0.15, 0.2) is 18.2 Å². The second-order valence-electron chi connectivity index (χ2n) is 4.09. The van der Waals surface area contributed by atoms with Crippen molar-refractivity contribution in [2.75, 3.05) is 11.9 Å². The highest BCUT2D eigenvalue weighted by atomic mass is 35.5. The fraction of sp³-hybridized carbons (Fsp3) is 0.333. The van der Waals surface area contributed by atoms with Crippen LogP contribution in [-0.4, -0.2) is 29.9 Å². The van der Waals surface area contributed by atoms with E-state index in [9.17, 15) is 9.59 Å². The van der Waals surface area contributed by atoms with Crippen LogP contribution in [0.5, 0.6) is 0 Å². The van der Waals surface area contributed by atoms with Gasteiger partial charge in [-0.05, 0) is 24.6 Å². The molecule has 1 saturated heterocycles. The quantitative estimate of drug-likeness (QED) is 0.784. The zero-order valence-corrected chi connectivity index (χ0v) is 11.5. The number of carbonyl (C=O) groups is 2. The fourth-order valence-corrected chi connectivity index (χ4v) is 2.30. The lowest BCUT2D eigenvalue weighted by atomic mass is 10.2. The first-order valence-electron chi connectivity index (χ1n) is 5.53. The van der Waals surface area contributed by atoms with Gasteiger partial charge in [-0.25, -0.2) is 9.69 Å². The molecule has 0 radical (unpaired) electrons. The molecule has 18 heavy (non-hydrogen) atoms. The largest absolute Gasteiger partial charge is 0.331 e. The minimum absolute atomic E-state index is 0.233. The summed E-state index contributed by atoms with van der Waals surface area (Å²) in [5.74, 6) is -0.233. The Morgan fingerprint density at radius 2 is 1.89 bits per heavy atom. The van der Waals surface area contributed by atoms with Crippen LogP contribution in [0.3, 0.4) is 0 Å². The Bertz CT molecular complexity index is 519. The molecule has 0 aliphatic carbocycles. The summed E-state index contributed by atoms with van der Waals surface area (Å²) in [6.07, 6.45) is 0.582. The summed E-state index contributed by atoms with van der Waals surface area (Å²) in [5.41, 5.74) is 0.446. The number of rotatable bonds is 2. The molecular formula is C12H12Cl2N2O2. The lowest BCUT2D eigenvalue weighted by molar-refractivity contribution is -0.119. The van der Waals surface area contributed by atoms with Crippen LogP contribution < -0.4 is 4.90 Å². The predicted molar refractivity (Wildman–Crippen MR) is 71.2 cm³/mol. The molecule has 1 aliphatic rings. The molecular weight excluding hydrogens is 275 g/mol. The van der Waals surface area contributed by atoms with Crippen LogP contribution in [0.1, 0.15) is 13.3 Å². The molecule has 1 aliphatic heterocycles. The average Bonchev–Trinajstić information content (AvgIpc) is 2.54. The van der Waals surface area contributed by atoms with Gasteiger partial charge in [0.05, 0.1) is 15.7 Å². The van der Waals surface area contributed by atoms with E-state index in [0.29, 0.717) is 22.2 Å². The first-order valence-corrected chi connectivity index (χ1v) is 6.28. The lowest BCUT2D eigenvalue weighted by Gasteiger charge is -2.14. The van der Waals surface area contributed by atoms with Crippen LogP contribution in [0.25, 0.3) is 0 Å². The molecule has 1 aromatic carbocycles. The molecule has 4 nitrogen and oxygen atoms in total. The van der Waals surface area contributed by atoms with E-state index in [2.05, 4.69) is 0 Å². The second kappa shape index (κ2) is 4.78. The number of hydrogen-bond acceptors (Lipinski definition) is 2. The average molecular weight is 287 g/mol. The number of benzene rings is 1. The van der Waals surface area contributed by atoms with E-state index in [1.807, 2.05) is 6.92 Å². The van der Waals surface area contributed by atoms with Gasteiger partial charge in [0.1, 0.15) is 6.04 Å². The van der Waals surface area contributed by atoms with E-state index < -0.39 is 6.04 Å². The van der Waals surface area contributed by atoms with Crippen molar-refractivity contribution < 1.29 is 9.59 Å². The number of carbonyl (C=O) groups excluding carboxylic acids is 2. The number of imide groups is 1. The van der Waals surface area contributed by atoms with Crippen molar-refractivity contribution in [1.82, 2.24) is 4.90 Å². The summed E-state index contributed by atoms with van der Waals surface area (Å²) in [7, 11) is 1.62. The van der Waals surface area contributed by atoms with Crippen LogP contribution in [0.4, 0.5) is 10.5 Å². The first kappa shape index (κ1) is 13.2. The Morgan fingerprint density at radius 3 is 2.39 bits per heavy atom. The van der Waals surface area contributed by atoms with Crippen molar-refractivity contribution in [3.05, 3.63) is 28.2 Å². The van der Waals surface area contributed by atoms with Gasteiger partial charge in [0.2, 0.25) is 0 Å². The van der Waals surface area contributed by atoms with Gasteiger partial charge in [-0.1, -0.05) is 30.1 Å². The predicted octanol–water partition coefficient (Wildman–Crippen LogP) is 3.17. The number of halogens is 2. The molecule has 96 valence electrons. The monoisotopic (exact) mass is 286 g/mol. The van der Waals surface area contributed by atoms with E-state index >= 15 is 0 Å². The molecule has 1 atom stereocenters. The third-order valence-corrected chi connectivity index (χ3v) is 3.75. The first-order chi connectivity index (χ1) is 8.47. The van der Waals surface area contributed by atoms with E-state index in [0.717, 1.165) is 4.90 Å². The Labute approximate surface area is 115 Å². The number of nitrogens with zero attached hydrogens (tertiary/aromatic N) is 2. The smallest absolute Gasteiger partial charge is 0.315 e. The van der Waals surface area contributed by atoms with Crippen molar-refractivity contribution >= 4 is 40.8 Å². The number of hydrogen-bond donors (Lipinski definition) is 0. The molecule has 0 saturated carbocycles. The molecule has 0 spiro atoms. The summed E-state index contributed by atoms with van der Waals surface area (Å²) in [4.78, 5) is 26.7. The zero-order chi connectivity index (χ0) is 13.4. The number of urea groups is 1. The molecule has 0 bridgehead atoms. The minimum Gasteiger partial charge on any atom is -0.315 e. The van der Waals surface area contributed by atoms with Gasteiger partial charge in [-0.3, -0.25) is 4.79 Å². The topological polar surface area (TPSA) is 40.6 Å². The van der Waals surface area contributed by atoms with Crippen molar-refractivity contribution in [3.8, 4) is 0 Å². The third kappa shape index (κ3) is 1.95. The number of amides is 3. The van der Waals surface area contributed by atoms with Crippen molar-refractivity contribution in [2.45, 2.75) is 19.4 Å². The van der Waals surface area contributed by atoms with E-state index in [-0.39, 0.29) is 11.9 Å². The van der Waals surface area contributed by atoms with Crippen molar-refractivity contribution in [3.63, 3.8) is 0 Å². The maximum absolute atomic E-state index is 12.1. The molecule has 1 heterocycles. The molecule has 1 unspecified atom stereocenters. The lowest BCUT2D eigenvalue weighted by Crippen LogP contribution is -2.31. The summed E-state index contributed by atoms with van der Waals surface area (Å²) in [6.45, 7) is 1.87. The van der Waals surface area contributed by atoms with Gasteiger partial charge in [-0.2, -0.15) is 0 Å². The summed E-state index contributed by atoms with van der Waals surface area (Å²) in [6, 6.07) is 3.94. The molecule has 6 heteroatoms. The highest BCUT2D eigenvalue weighted by Crippen LogP contribution is 2.31. The molecule has 2 rings (SSSR count). The van der Waals surface area contributed by atoms with E-state index in [1.165, 1.54) is 11.0 Å². The van der Waals surface area contributed by atoms with Gasteiger partial charge in [-0.15, -0.1) is 0 Å². The minimum atomic E-state index is -0.410. The van der Waals surface area contributed by atoms with Crippen LogP contribution in [-0.2, 0) is 4.79 Å². The van der Waals surface area contributed by atoms with Gasteiger partial charge in [0.25, 0.3) is 5.91 Å². The third-order valence-electron chi connectivity index (χ3n) is 3.01. The Morgan fingerprint density at radius 1 is 1.22 bits per heavy atom. The Balaban J connectivity index is 2.41. The maximum Gasteiger partial charge on any atom is 0.331 e. The van der Waals surface area contributed by atoms with Gasteiger partial charge in [0, 0.05) is 7.05 Å². The fourth-order valence-electron chi connectivity index (χ4n) is 2.01. The van der Waals surface area contributed by atoms with Crippen LogP contribution in [0.2, 0.25) is 10.0 Å². The normalized spacial score (nSPS) is 19.9. The second-order valence-corrected chi connectivity index (χ2v) is 4.90. The zero-order valence-electron chi connectivity index (χ0n) is 9.98. The summed E-state index contributed by atoms with van der Waals surface area (Å²) in [5, 5.41) is 0.706. The molecule has 1 aromatic rings. The van der Waals surface area contributed by atoms with Gasteiger partial charge in [0.15, 0.2) is 0 Å². The Kier molecular flexibility index (Phi) is 3.50. The van der Waals surface area contributed by atoms with E-state index in [4.69, 9.17) is 23.2 Å². The SMILES string of the molecule is CCC1C(=O)N(c2ccc(Cl)c(Cl)c2)C(=O)N1C. The maximum atomic E-state index is 12.1.